The zero-order valence-corrected chi connectivity index (χ0v) is 26.3. The Kier molecular flexibility index (Phi) is 10.7. The number of fused-ring (bicyclic) bond motifs is 1. The van der Waals surface area contributed by atoms with Crippen LogP contribution >= 0.6 is 0 Å². The van der Waals surface area contributed by atoms with E-state index in [4.69, 9.17) is 16.2 Å². The second kappa shape index (κ2) is 13.4. The Bertz CT molecular complexity index is 1270. The predicted octanol–water partition coefficient (Wildman–Crippen LogP) is 2.65. The van der Waals surface area contributed by atoms with Crippen LogP contribution in [0.1, 0.15) is 85.7 Å². The summed E-state index contributed by atoms with van der Waals surface area (Å²) in [6.07, 6.45) is 6.02. The summed E-state index contributed by atoms with van der Waals surface area (Å²) < 4.78 is 7.50. The standard InChI is InChI=1S/C29H38N5O5.Y/c1-4-22(30)28(38)32-16-26(36)39-19-8-5-17(6-9-19)33-23-13-18(7-10-20(23)27(31)37)34-12-11-21-24(34)14-29(2,3)15-25(21)35;/h7,10,12-13,17,19,22,33H,4-6,8-9,14-16,30H2,1-3H3,(H2,31,37)(H,32,38);/q-1;. The molecule has 11 heteroatoms. The van der Waals surface area contributed by atoms with Gasteiger partial charge in [0.15, 0.2) is 0 Å². The predicted molar refractivity (Wildman–Crippen MR) is 147 cm³/mol. The molecule has 1 aromatic carbocycles. The minimum absolute atomic E-state index is 0. The van der Waals surface area contributed by atoms with E-state index in [1.807, 2.05) is 16.7 Å². The first-order valence-electron chi connectivity index (χ1n) is 13.6. The molecule has 0 bridgehead atoms. The molecule has 1 fully saturated rings. The Morgan fingerprint density at radius 2 is 1.88 bits per heavy atom. The van der Waals surface area contributed by atoms with Crippen molar-refractivity contribution in [3.05, 3.63) is 47.3 Å². The molecule has 2 amide bonds. The van der Waals surface area contributed by atoms with Gasteiger partial charge in [0.2, 0.25) is 5.91 Å². The van der Waals surface area contributed by atoms with Gasteiger partial charge < -0.3 is 36.2 Å². The summed E-state index contributed by atoms with van der Waals surface area (Å²) in [4.78, 5) is 48.8. The van der Waals surface area contributed by atoms with E-state index in [1.54, 1.807) is 19.2 Å². The number of nitrogens with two attached hydrogens (primary N) is 2. The molecule has 1 aromatic heterocycles. The number of anilines is 1. The van der Waals surface area contributed by atoms with Crippen molar-refractivity contribution in [2.24, 2.45) is 16.9 Å². The minimum atomic E-state index is -0.640. The Morgan fingerprint density at radius 3 is 2.52 bits per heavy atom. The van der Waals surface area contributed by atoms with Crippen LogP contribution in [0.4, 0.5) is 5.69 Å². The zero-order chi connectivity index (χ0) is 28.3. The van der Waals surface area contributed by atoms with Crippen LogP contribution in [0.15, 0.2) is 24.4 Å². The number of ether oxygens (including phenoxy) is 1. The van der Waals surface area contributed by atoms with Crippen LogP contribution in [-0.2, 0) is 53.5 Å². The van der Waals surface area contributed by atoms with Gasteiger partial charge in [0.1, 0.15) is 12.6 Å². The quantitative estimate of drug-likeness (QED) is 0.246. The fourth-order valence-electron chi connectivity index (χ4n) is 5.36. The minimum Gasteiger partial charge on any atom is -0.461 e. The number of carbonyl (C=O) groups is 4. The number of hydrogen-bond donors (Lipinski definition) is 4. The molecule has 213 valence electrons. The van der Waals surface area contributed by atoms with Crippen LogP contribution in [0.25, 0.3) is 5.69 Å². The molecule has 4 rings (SSSR count). The van der Waals surface area contributed by atoms with Gasteiger partial charge in [0, 0.05) is 50.1 Å². The number of Topliss-reactive ketones (excluding diaryl/α,β-unsaturated/α-hetero) is 1. The maximum atomic E-state index is 12.6. The first kappa shape index (κ1) is 32.0. The number of carbonyl (C=O) groups excluding carboxylic acids is 4. The third kappa shape index (κ3) is 7.59. The van der Waals surface area contributed by atoms with E-state index in [9.17, 15) is 19.2 Å². The number of benzene rings is 1. The number of nitrogens with one attached hydrogen (secondary N) is 2. The second-order valence-electron chi connectivity index (χ2n) is 11.3. The van der Waals surface area contributed by atoms with Gasteiger partial charge in [-0.3, -0.25) is 14.4 Å². The largest absolute Gasteiger partial charge is 0.461 e. The molecule has 2 aliphatic rings. The van der Waals surface area contributed by atoms with Crippen LogP contribution < -0.4 is 22.1 Å². The molecule has 1 radical (unpaired) electrons. The molecule has 1 atom stereocenters. The smallest absolute Gasteiger partial charge is 0.325 e. The molecule has 0 saturated heterocycles. The van der Waals surface area contributed by atoms with Crippen molar-refractivity contribution < 1.29 is 56.6 Å². The molecular formula is C29H38N5O5Y-. The van der Waals surface area contributed by atoms with Crippen molar-refractivity contribution in [3.63, 3.8) is 0 Å². The number of esters is 1. The molecule has 0 spiro atoms. The van der Waals surface area contributed by atoms with E-state index >= 15 is 0 Å². The maximum absolute atomic E-state index is 12.6. The molecule has 1 saturated carbocycles. The fourth-order valence-corrected chi connectivity index (χ4v) is 5.36. The summed E-state index contributed by atoms with van der Waals surface area (Å²) in [6, 6.07) is 7.96. The summed E-state index contributed by atoms with van der Waals surface area (Å²) in [5.74, 6) is -1.30. The van der Waals surface area contributed by atoms with Gasteiger partial charge in [0.05, 0.1) is 17.4 Å². The Morgan fingerprint density at radius 1 is 1.18 bits per heavy atom. The van der Waals surface area contributed by atoms with Gasteiger partial charge in [-0.1, -0.05) is 39.1 Å². The molecule has 2 aliphatic carbocycles. The monoisotopic (exact) mass is 625 g/mol. The van der Waals surface area contributed by atoms with Crippen molar-refractivity contribution in [2.45, 2.75) is 83.9 Å². The normalized spacial score (nSPS) is 20.4. The molecule has 10 nitrogen and oxygen atoms in total. The van der Waals surface area contributed by atoms with Gasteiger partial charge >= 0.3 is 5.97 Å². The molecule has 1 heterocycles. The van der Waals surface area contributed by atoms with E-state index in [0.29, 0.717) is 42.5 Å². The summed E-state index contributed by atoms with van der Waals surface area (Å²) in [6.45, 7) is 5.76. The van der Waals surface area contributed by atoms with Crippen molar-refractivity contribution in [1.82, 2.24) is 9.88 Å². The van der Waals surface area contributed by atoms with Crippen LogP contribution in [-0.4, -0.2) is 52.9 Å². The summed E-state index contributed by atoms with van der Waals surface area (Å²) in [5, 5.41) is 5.97. The van der Waals surface area contributed by atoms with Crippen LogP contribution in [0.5, 0.6) is 0 Å². The Balaban J connectivity index is 0.00000441. The number of amides is 2. The van der Waals surface area contributed by atoms with Crippen molar-refractivity contribution in [2.75, 3.05) is 11.9 Å². The number of hydrogen-bond acceptors (Lipinski definition) is 7. The van der Waals surface area contributed by atoms with Crippen molar-refractivity contribution in [3.8, 4) is 5.69 Å². The summed E-state index contributed by atoms with van der Waals surface area (Å²) in [5.41, 5.74) is 14.6. The average Bonchev–Trinajstić information content (AvgIpc) is 3.30. The molecule has 40 heavy (non-hydrogen) atoms. The Labute approximate surface area is 260 Å². The average molecular weight is 626 g/mol. The van der Waals surface area contributed by atoms with Gasteiger partial charge in [-0.25, -0.2) is 0 Å². The number of ketones is 1. The zero-order valence-electron chi connectivity index (χ0n) is 23.4. The molecule has 6 N–H and O–H groups in total. The maximum Gasteiger partial charge on any atom is 0.325 e. The van der Waals surface area contributed by atoms with E-state index in [0.717, 1.165) is 30.6 Å². The van der Waals surface area contributed by atoms with Gasteiger partial charge in [-0.05, 0) is 62.1 Å². The van der Waals surface area contributed by atoms with Crippen molar-refractivity contribution in [1.29, 1.82) is 0 Å². The van der Waals surface area contributed by atoms with E-state index in [-0.39, 0.29) is 68.5 Å². The number of nitrogens with zero attached hydrogens (tertiary/aromatic N) is 1. The molecule has 0 aliphatic heterocycles. The molecule has 1 unspecified atom stereocenters. The summed E-state index contributed by atoms with van der Waals surface area (Å²) in [7, 11) is 0. The van der Waals surface area contributed by atoms with Crippen LogP contribution in [0.3, 0.4) is 0 Å². The molecular weight excluding hydrogens is 587 g/mol. The van der Waals surface area contributed by atoms with E-state index in [1.165, 1.54) is 0 Å². The molecule has 2 aromatic rings. The number of primary amides is 1. The van der Waals surface area contributed by atoms with Crippen LogP contribution in [0.2, 0.25) is 0 Å². The summed E-state index contributed by atoms with van der Waals surface area (Å²) >= 11 is 0. The first-order valence-corrected chi connectivity index (χ1v) is 13.6. The van der Waals surface area contributed by atoms with E-state index < -0.39 is 17.9 Å². The topological polar surface area (TPSA) is 159 Å². The van der Waals surface area contributed by atoms with Gasteiger partial charge in [-0.2, -0.15) is 6.07 Å². The SMILES string of the molecule is CCC(N)C(=O)NCC(=O)OC1CCC(Nc2cc(-n3c[c-]c4c3CC(C)(C)CC4=O)ccc2C(N)=O)CC1.[Y]. The van der Waals surface area contributed by atoms with Crippen LogP contribution in [0, 0.1) is 11.5 Å². The van der Waals surface area contributed by atoms with Crippen molar-refractivity contribution >= 4 is 29.3 Å². The fraction of sp³-hybridized carbons (Fsp3) is 0.517. The Hall–Kier alpha value is -2.56. The third-order valence-corrected chi connectivity index (χ3v) is 7.54. The first-order chi connectivity index (χ1) is 18.5. The second-order valence-corrected chi connectivity index (χ2v) is 11.3. The van der Waals surface area contributed by atoms with Gasteiger partial charge in [0.25, 0.3) is 5.91 Å². The van der Waals surface area contributed by atoms with Gasteiger partial charge in [-0.15, -0.1) is 5.56 Å². The van der Waals surface area contributed by atoms with E-state index in [2.05, 4.69) is 30.5 Å². The number of rotatable bonds is 9. The third-order valence-electron chi connectivity index (χ3n) is 7.54. The number of aromatic nitrogens is 1.